The lowest BCUT2D eigenvalue weighted by molar-refractivity contribution is 0.0692. The first-order valence-corrected chi connectivity index (χ1v) is 8.20. The molecule has 1 N–H and O–H groups in total. The molecule has 0 amide bonds. The molecule has 0 aliphatic rings. The molecule has 1 aromatic carbocycles. The number of fused-ring (bicyclic) bond motifs is 1. The van der Waals surface area contributed by atoms with Gasteiger partial charge in [-0.1, -0.05) is 0 Å². The minimum atomic E-state index is -0.990. The number of rotatable bonds is 5. The lowest BCUT2D eigenvalue weighted by atomic mass is 10.3. The maximum atomic E-state index is 11.2. The predicted octanol–water partition coefficient (Wildman–Crippen LogP) is 3.94. The number of nitrogens with zero attached hydrogens (tertiary/aromatic N) is 2. The van der Waals surface area contributed by atoms with E-state index < -0.39 is 5.97 Å². The molecule has 7 heteroatoms. The lowest BCUT2D eigenvalue weighted by Gasteiger charge is -2.00. The van der Waals surface area contributed by atoms with Crippen molar-refractivity contribution in [2.24, 2.45) is 0 Å². The van der Waals surface area contributed by atoms with Gasteiger partial charge in [0.15, 0.2) is 4.34 Å². The van der Waals surface area contributed by atoms with Crippen molar-refractivity contribution in [3.05, 3.63) is 42.1 Å². The lowest BCUT2D eigenvalue weighted by Crippen LogP contribution is -1.99. The van der Waals surface area contributed by atoms with Gasteiger partial charge in [-0.3, -0.25) is 0 Å². The zero-order valence-corrected chi connectivity index (χ0v) is 13.3. The molecule has 2 aromatic heterocycles. The number of carboxylic acids is 1. The minimum Gasteiger partial charge on any atom is -0.494 e. The normalized spacial score (nSPS) is 10.8. The highest BCUT2D eigenvalue weighted by molar-refractivity contribution is 8.01. The van der Waals surface area contributed by atoms with Crippen molar-refractivity contribution < 1.29 is 14.6 Å². The maximum Gasteiger partial charge on any atom is 0.338 e. The molecule has 0 spiro atoms. The van der Waals surface area contributed by atoms with E-state index >= 15 is 0 Å². The number of thiazole rings is 1. The average molecular weight is 332 g/mol. The summed E-state index contributed by atoms with van der Waals surface area (Å²) in [4.78, 5) is 19.9. The predicted molar refractivity (Wildman–Crippen MR) is 86.1 cm³/mol. The van der Waals surface area contributed by atoms with Crippen LogP contribution in [-0.4, -0.2) is 27.7 Å². The minimum absolute atomic E-state index is 0.182. The molecule has 0 saturated carbocycles. The fourth-order valence-corrected chi connectivity index (χ4v) is 3.99. The zero-order valence-electron chi connectivity index (χ0n) is 11.6. The molecule has 0 unspecified atom stereocenters. The van der Waals surface area contributed by atoms with Crippen LogP contribution in [0.2, 0.25) is 0 Å². The largest absolute Gasteiger partial charge is 0.494 e. The molecule has 0 aliphatic heterocycles. The summed E-state index contributed by atoms with van der Waals surface area (Å²) >= 11 is 2.75. The van der Waals surface area contributed by atoms with Gasteiger partial charge in [0.2, 0.25) is 0 Å². The second-order valence-electron chi connectivity index (χ2n) is 4.31. The fraction of sp³-hybridized carbons (Fsp3) is 0.133. The number of hydrogen-bond acceptors (Lipinski definition) is 6. The molecule has 0 bridgehead atoms. The van der Waals surface area contributed by atoms with Gasteiger partial charge < -0.3 is 9.84 Å². The standard InChI is InChI=1S/C15H12N2O3S2/c1-2-20-9-5-6-11-12(8-9)21-15(17-11)22-13-10(14(18)19)4-3-7-16-13/h3-8H,2H2,1H3,(H,18,19). The highest BCUT2D eigenvalue weighted by atomic mass is 32.2. The summed E-state index contributed by atoms with van der Waals surface area (Å²) in [7, 11) is 0. The number of pyridine rings is 1. The van der Waals surface area contributed by atoms with E-state index in [9.17, 15) is 9.90 Å². The van der Waals surface area contributed by atoms with Crippen molar-refractivity contribution in [1.29, 1.82) is 0 Å². The van der Waals surface area contributed by atoms with Crippen LogP contribution in [0.3, 0.4) is 0 Å². The highest BCUT2D eigenvalue weighted by Gasteiger charge is 2.14. The van der Waals surface area contributed by atoms with Crippen molar-refractivity contribution in [3.8, 4) is 5.75 Å². The molecule has 3 aromatic rings. The Balaban J connectivity index is 1.93. The number of ether oxygens (including phenoxy) is 1. The number of carboxylic acid groups (broad SMARTS) is 1. The Hall–Kier alpha value is -2.12. The van der Waals surface area contributed by atoms with Gasteiger partial charge >= 0.3 is 5.97 Å². The second kappa shape index (κ2) is 6.33. The van der Waals surface area contributed by atoms with Gasteiger partial charge in [0.05, 0.1) is 22.4 Å². The van der Waals surface area contributed by atoms with E-state index in [0.717, 1.165) is 20.3 Å². The maximum absolute atomic E-state index is 11.2. The zero-order chi connectivity index (χ0) is 15.5. The van der Waals surface area contributed by atoms with E-state index in [2.05, 4.69) is 9.97 Å². The number of hydrogen-bond donors (Lipinski definition) is 1. The summed E-state index contributed by atoms with van der Waals surface area (Å²) in [6.07, 6.45) is 1.58. The van der Waals surface area contributed by atoms with Crippen LogP contribution in [0.15, 0.2) is 45.9 Å². The van der Waals surface area contributed by atoms with Crippen LogP contribution in [0.25, 0.3) is 10.2 Å². The van der Waals surface area contributed by atoms with E-state index in [4.69, 9.17) is 4.74 Å². The van der Waals surface area contributed by atoms with Crippen LogP contribution in [0.1, 0.15) is 17.3 Å². The van der Waals surface area contributed by atoms with E-state index in [0.29, 0.717) is 11.6 Å². The number of aromatic nitrogens is 2. The summed E-state index contributed by atoms with van der Waals surface area (Å²) in [5, 5.41) is 9.64. The Bertz CT molecular complexity index is 833. The number of benzene rings is 1. The summed E-state index contributed by atoms with van der Waals surface area (Å²) in [5.74, 6) is -0.186. The van der Waals surface area contributed by atoms with E-state index in [1.54, 1.807) is 12.3 Å². The van der Waals surface area contributed by atoms with Gasteiger partial charge in [0.1, 0.15) is 10.8 Å². The van der Waals surface area contributed by atoms with Crippen molar-refractivity contribution in [2.45, 2.75) is 16.3 Å². The van der Waals surface area contributed by atoms with Gasteiger partial charge in [-0.25, -0.2) is 14.8 Å². The average Bonchev–Trinajstić information content (AvgIpc) is 2.89. The SMILES string of the molecule is CCOc1ccc2nc(Sc3ncccc3C(=O)O)sc2c1. The smallest absolute Gasteiger partial charge is 0.338 e. The summed E-state index contributed by atoms with van der Waals surface area (Å²) in [6.45, 7) is 2.55. The fourth-order valence-electron chi connectivity index (χ4n) is 1.90. The quantitative estimate of drug-likeness (QED) is 0.763. The van der Waals surface area contributed by atoms with Gasteiger partial charge in [0.25, 0.3) is 0 Å². The molecule has 3 rings (SSSR count). The van der Waals surface area contributed by atoms with Crippen LogP contribution < -0.4 is 4.74 Å². The summed E-state index contributed by atoms with van der Waals surface area (Å²) in [5.41, 5.74) is 1.05. The third kappa shape index (κ3) is 3.05. The molecule has 5 nitrogen and oxygen atoms in total. The van der Waals surface area contributed by atoms with Crippen molar-refractivity contribution in [2.75, 3.05) is 6.61 Å². The third-order valence-corrected chi connectivity index (χ3v) is 4.93. The first kappa shape index (κ1) is 14.8. The van der Waals surface area contributed by atoms with Crippen LogP contribution in [0.5, 0.6) is 5.75 Å². The topological polar surface area (TPSA) is 72.3 Å². The second-order valence-corrected chi connectivity index (χ2v) is 6.57. The molecule has 0 saturated heterocycles. The number of carbonyl (C=O) groups is 1. The summed E-state index contributed by atoms with van der Waals surface area (Å²) in [6, 6.07) is 8.87. The van der Waals surface area contributed by atoms with Crippen molar-refractivity contribution >= 4 is 39.3 Å². The van der Waals surface area contributed by atoms with Gasteiger partial charge in [-0.2, -0.15) is 0 Å². The monoisotopic (exact) mass is 332 g/mol. The Kier molecular flexibility index (Phi) is 4.26. The van der Waals surface area contributed by atoms with Crippen LogP contribution in [0, 0.1) is 0 Å². The van der Waals surface area contributed by atoms with Gasteiger partial charge in [-0.05, 0) is 49.0 Å². The molecular weight excluding hydrogens is 320 g/mol. The van der Waals surface area contributed by atoms with Crippen LogP contribution in [0.4, 0.5) is 0 Å². The first-order chi connectivity index (χ1) is 10.7. The van der Waals surface area contributed by atoms with E-state index in [1.807, 2.05) is 25.1 Å². The molecule has 0 aliphatic carbocycles. The van der Waals surface area contributed by atoms with E-state index in [1.165, 1.54) is 29.2 Å². The summed E-state index contributed by atoms with van der Waals surface area (Å²) < 4.78 is 7.23. The van der Waals surface area contributed by atoms with Gasteiger partial charge in [-0.15, -0.1) is 11.3 Å². The molecule has 0 atom stereocenters. The molecule has 2 heterocycles. The molecule has 112 valence electrons. The highest BCUT2D eigenvalue weighted by Crippen LogP contribution is 2.36. The Morgan fingerprint density at radius 2 is 2.27 bits per heavy atom. The Morgan fingerprint density at radius 1 is 1.41 bits per heavy atom. The number of aromatic carboxylic acids is 1. The first-order valence-electron chi connectivity index (χ1n) is 6.57. The Labute approximate surface area is 135 Å². The molecule has 0 radical (unpaired) electrons. The molecular formula is C15H12N2O3S2. The van der Waals surface area contributed by atoms with Crippen molar-refractivity contribution in [3.63, 3.8) is 0 Å². The Morgan fingerprint density at radius 3 is 3.05 bits per heavy atom. The van der Waals surface area contributed by atoms with Crippen molar-refractivity contribution in [1.82, 2.24) is 9.97 Å². The van der Waals surface area contributed by atoms with Crippen LogP contribution >= 0.6 is 23.1 Å². The molecule has 22 heavy (non-hydrogen) atoms. The third-order valence-electron chi connectivity index (χ3n) is 2.84. The van der Waals surface area contributed by atoms with Gasteiger partial charge in [0, 0.05) is 6.20 Å². The van der Waals surface area contributed by atoms with E-state index in [-0.39, 0.29) is 5.56 Å². The van der Waals surface area contributed by atoms with Crippen LogP contribution in [-0.2, 0) is 0 Å². The molecule has 0 fully saturated rings.